The zero-order chi connectivity index (χ0) is 17.0. The van der Waals surface area contributed by atoms with Crippen LogP contribution in [0.25, 0.3) is 0 Å². The van der Waals surface area contributed by atoms with Gasteiger partial charge in [-0.15, -0.1) is 0 Å². The summed E-state index contributed by atoms with van der Waals surface area (Å²) in [5.41, 5.74) is 1.27. The molecule has 0 aliphatic carbocycles. The summed E-state index contributed by atoms with van der Waals surface area (Å²) in [5, 5.41) is 3.16. The number of nitrogens with one attached hydrogen (secondary N) is 1. The van der Waals surface area contributed by atoms with E-state index >= 15 is 0 Å². The summed E-state index contributed by atoms with van der Waals surface area (Å²) in [6, 6.07) is 8.11. The number of furan rings is 1. The Balaban J connectivity index is 2.10. The van der Waals surface area contributed by atoms with Crippen LogP contribution in [0, 0.1) is 6.92 Å². The molecule has 0 bridgehead atoms. The van der Waals surface area contributed by atoms with Crippen molar-refractivity contribution in [3.63, 3.8) is 0 Å². The Kier molecular flexibility index (Phi) is 5.33. The van der Waals surface area contributed by atoms with Gasteiger partial charge in [-0.2, -0.15) is 0 Å². The van der Waals surface area contributed by atoms with Gasteiger partial charge in [0.15, 0.2) is 5.76 Å². The number of aryl methyl sites for hydroxylation is 1. The van der Waals surface area contributed by atoms with Gasteiger partial charge in [0.1, 0.15) is 0 Å². The fraction of sp³-hybridized carbons (Fsp3) is 0.267. The highest BCUT2D eigenvalue weighted by Crippen LogP contribution is 2.25. The second-order valence-electron chi connectivity index (χ2n) is 5.00. The van der Waals surface area contributed by atoms with Gasteiger partial charge in [-0.3, -0.25) is 9.10 Å². The minimum Gasteiger partial charge on any atom is -0.459 e. The van der Waals surface area contributed by atoms with Crippen molar-refractivity contribution < 1.29 is 17.6 Å². The first kappa shape index (κ1) is 17.4. The third kappa shape index (κ3) is 4.49. The van der Waals surface area contributed by atoms with Gasteiger partial charge in [0.2, 0.25) is 10.0 Å². The van der Waals surface area contributed by atoms with E-state index in [9.17, 15) is 13.2 Å². The number of halogens is 1. The summed E-state index contributed by atoms with van der Waals surface area (Å²) in [4.78, 5) is 11.8. The quantitative estimate of drug-likeness (QED) is 0.862. The molecule has 8 heteroatoms. The maximum absolute atomic E-state index is 12.0. The van der Waals surface area contributed by atoms with Crippen molar-refractivity contribution in [2.45, 2.75) is 6.92 Å². The fourth-order valence-corrected chi connectivity index (χ4v) is 3.34. The summed E-state index contributed by atoms with van der Waals surface area (Å²) >= 11 is 5.90. The summed E-state index contributed by atoms with van der Waals surface area (Å²) < 4.78 is 30.3. The number of amides is 1. The van der Waals surface area contributed by atoms with Gasteiger partial charge in [-0.25, -0.2) is 8.42 Å². The van der Waals surface area contributed by atoms with Crippen LogP contribution < -0.4 is 9.62 Å². The summed E-state index contributed by atoms with van der Waals surface area (Å²) in [5.74, 6) is -0.213. The van der Waals surface area contributed by atoms with Crippen LogP contribution in [0.5, 0.6) is 0 Å². The average Bonchev–Trinajstić information content (AvgIpc) is 2.97. The molecule has 0 atom stereocenters. The van der Waals surface area contributed by atoms with Gasteiger partial charge < -0.3 is 9.73 Å². The molecular weight excluding hydrogens is 340 g/mol. The SMILES string of the molecule is Cc1cc(Cl)ccc1N(CCNC(=O)c1ccco1)S(C)(=O)=O. The second kappa shape index (κ2) is 7.06. The van der Waals surface area contributed by atoms with Crippen LogP contribution in [0.1, 0.15) is 16.1 Å². The van der Waals surface area contributed by atoms with Gasteiger partial charge in [0.05, 0.1) is 24.8 Å². The number of rotatable bonds is 6. The summed E-state index contributed by atoms with van der Waals surface area (Å²) in [7, 11) is -3.49. The lowest BCUT2D eigenvalue weighted by molar-refractivity contribution is 0.0927. The maximum atomic E-state index is 12.0. The largest absolute Gasteiger partial charge is 0.459 e. The number of hydrogen-bond donors (Lipinski definition) is 1. The second-order valence-corrected chi connectivity index (χ2v) is 7.34. The Labute approximate surface area is 140 Å². The van der Waals surface area contributed by atoms with E-state index in [0.717, 1.165) is 11.8 Å². The molecule has 1 aromatic carbocycles. The molecule has 2 rings (SSSR count). The zero-order valence-corrected chi connectivity index (χ0v) is 14.3. The Hall–Kier alpha value is -1.99. The molecule has 1 heterocycles. The van der Waals surface area contributed by atoms with Crippen LogP contribution in [-0.2, 0) is 10.0 Å². The highest BCUT2D eigenvalue weighted by Gasteiger charge is 2.19. The molecule has 0 saturated heterocycles. The van der Waals surface area contributed by atoms with Crippen LogP contribution in [-0.4, -0.2) is 33.7 Å². The number of carbonyl (C=O) groups is 1. The standard InChI is InChI=1S/C15H17ClN2O4S/c1-11-10-12(16)5-6-13(11)18(23(2,20)21)8-7-17-15(19)14-4-3-9-22-14/h3-6,9-10H,7-8H2,1-2H3,(H,17,19). The normalized spacial score (nSPS) is 11.3. The van der Waals surface area contributed by atoms with Gasteiger partial charge in [0.25, 0.3) is 5.91 Å². The number of sulfonamides is 1. The molecule has 0 aliphatic heterocycles. The predicted molar refractivity (Wildman–Crippen MR) is 89.4 cm³/mol. The maximum Gasteiger partial charge on any atom is 0.287 e. The number of benzene rings is 1. The lowest BCUT2D eigenvalue weighted by Gasteiger charge is -2.24. The minimum absolute atomic E-state index is 0.105. The first-order valence-corrected chi connectivity index (χ1v) is 9.07. The van der Waals surface area contributed by atoms with Crippen molar-refractivity contribution in [2.75, 3.05) is 23.7 Å². The third-order valence-electron chi connectivity index (χ3n) is 3.17. The summed E-state index contributed by atoms with van der Waals surface area (Å²) in [6.07, 6.45) is 2.52. The Morgan fingerprint density at radius 1 is 1.35 bits per heavy atom. The molecule has 124 valence electrons. The van der Waals surface area contributed by atoms with Crippen molar-refractivity contribution in [1.82, 2.24) is 5.32 Å². The molecule has 0 saturated carbocycles. The first-order valence-electron chi connectivity index (χ1n) is 6.84. The monoisotopic (exact) mass is 356 g/mol. The van der Waals surface area contributed by atoms with Crippen molar-refractivity contribution in [2.24, 2.45) is 0 Å². The zero-order valence-electron chi connectivity index (χ0n) is 12.7. The van der Waals surface area contributed by atoms with Gasteiger partial charge in [-0.05, 0) is 42.8 Å². The molecule has 1 aromatic heterocycles. The smallest absolute Gasteiger partial charge is 0.287 e. The Bertz CT molecular complexity index is 788. The molecule has 1 N–H and O–H groups in total. The molecule has 0 unspecified atom stereocenters. The van der Waals surface area contributed by atoms with Crippen molar-refractivity contribution in [3.8, 4) is 0 Å². The number of anilines is 1. The van der Waals surface area contributed by atoms with Crippen LogP contribution in [0.2, 0.25) is 5.02 Å². The van der Waals surface area contributed by atoms with E-state index in [-0.39, 0.29) is 18.8 Å². The van der Waals surface area contributed by atoms with Crippen LogP contribution in [0.3, 0.4) is 0 Å². The van der Waals surface area contributed by atoms with E-state index in [1.54, 1.807) is 31.2 Å². The first-order chi connectivity index (χ1) is 10.8. The van der Waals surface area contributed by atoms with E-state index in [4.69, 9.17) is 16.0 Å². The van der Waals surface area contributed by atoms with Crippen molar-refractivity contribution in [3.05, 3.63) is 52.9 Å². The third-order valence-corrected chi connectivity index (χ3v) is 4.59. The topological polar surface area (TPSA) is 79.6 Å². The van der Waals surface area contributed by atoms with E-state index < -0.39 is 15.9 Å². The van der Waals surface area contributed by atoms with Crippen LogP contribution >= 0.6 is 11.6 Å². The molecule has 23 heavy (non-hydrogen) atoms. The molecule has 1 amide bonds. The molecular formula is C15H17ClN2O4S. The Morgan fingerprint density at radius 2 is 2.09 bits per heavy atom. The fourth-order valence-electron chi connectivity index (χ4n) is 2.13. The van der Waals surface area contributed by atoms with Crippen molar-refractivity contribution >= 4 is 33.2 Å². The van der Waals surface area contributed by atoms with Gasteiger partial charge in [-0.1, -0.05) is 11.6 Å². The lowest BCUT2D eigenvalue weighted by atomic mass is 10.2. The molecule has 6 nitrogen and oxygen atoms in total. The number of hydrogen-bond acceptors (Lipinski definition) is 4. The molecule has 2 aromatic rings. The van der Waals surface area contributed by atoms with E-state index in [0.29, 0.717) is 10.7 Å². The van der Waals surface area contributed by atoms with Crippen molar-refractivity contribution in [1.29, 1.82) is 0 Å². The van der Waals surface area contributed by atoms with Gasteiger partial charge >= 0.3 is 0 Å². The Morgan fingerprint density at radius 3 is 2.65 bits per heavy atom. The van der Waals surface area contributed by atoms with Crippen LogP contribution in [0.4, 0.5) is 5.69 Å². The van der Waals surface area contributed by atoms with Crippen LogP contribution in [0.15, 0.2) is 41.0 Å². The predicted octanol–water partition coefficient (Wildman–Crippen LogP) is 2.44. The minimum atomic E-state index is -3.49. The highest BCUT2D eigenvalue weighted by atomic mass is 35.5. The van der Waals surface area contributed by atoms with E-state index in [1.807, 2.05) is 0 Å². The summed E-state index contributed by atoms with van der Waals surface area (Å²) in [6.45, 7) is 2.03. The molecule has 0 aliphatic rings. The number of carbonyl (C=O) groups excluding carboxylic acids is 1. The molecule has 0 spiro atoms. The van der Waals surface area contributed by atoms with E-state index in [2.05, 4.69) is 5.32 Å². The van der Waals surface area contributed by atoms with Gasteiger partial charge in [0, 0.05) is 11.6 Å². The molecule has 0 fully saturated rings. The lowest BCUT2D eigenvalue weighted by Crippen LogP contribution is -2.38. The molecule has 0 radical (unpaired) electrons. The average molecular weight is 357 g/mol. The number of nitrogens with zero attached hydrogens (tertiary/aromatic N) is 1. The highest BCUT2D eigenvalue weighted by molar-refractivity contribution is 7.92. The van der Waals surface area contributed by atoms with E-state index in [1.165, 1.54) is 16.6 Å².